The van der Waals surface area contributed by atoms with Crippen LogP contribution >= 0.6 is 11.6 Å². The van der Waals surface area contributed by atoms with Crippen LogP contribution in [0.4, 0.5) is 9.18 Å². The average molecular weight is 339 g/mol. The first-order valence-corrected chi connectivity index (χ1v) is 7.71. The predicted octanol–water partition coefficient (Wildman–Crippen LogP) is 4.92. The van der Waals surface area contributed by atoms with Gasteiger partial charge in [0, 0.05) is 10.9 Å². The fourth-order valence-electron chi connectivity index (χ4n) is 2.22. The van der Waals surface area contributed by atoms with Crippen LogP contribution < -0.4 is 5.32 Å². The third-order valence-electron chi connectivity index (χ3n) is 3.31. The fourth-order valence-corrected chi connectivity index (χ4v) is 2.52. The molecule has 0 radical (unpaired) electrons. The van der Waals surface area contributed by atoms with Crippen LogP contribution in [0.3, 0.4) is 0 Å². The molecule has 0 bridgehead atoms. The molecular weight excluding hydrogens is 319 g/mol. The number of aryl methyl sites for hydroxylation is 1. The van der Waals surface area contributed by atoms with Gasteiger partial charge in [-0.2, -0.15) is 0 Å². The second-order valence-electron chi connectivity index (χ2n) is 6.50. The van der Waals surface area contributed by atoms with Crippen molar-refractivity contribution in [3.63, 3.8) is 0 Å². The van der Waals surface area contributed by atoms with Gasteiger partial charge >= 0.3 is 6.09 Å². The largest absolute Gasteiger partial charge is 0.444 e. The molecule has 0 aliphatic rings. The summed E-state index contributed by atoms with van der Waals surface area (Å²) in [5.74, 6) is -0.375. The second-order valence-corrected chi connectivity index (χ2v) is 6.85. The van der Waals surface area contributed by atoms with Crippen LogP contribution in [0.1, 0.15) is 44.9 Å². The lowest BCUT2D eigenvalue weighted by molar-refractivity contribution is 0.0508. The highest BCUT2D eigenvalue weighted by atomic mass is 35.5. The van der Waals surface area contributed by atoms with Gasteiger partial charge in [0.25, 0.3) is 0 Å². The molecule has 1 heterocycles. The van der Waals surface area contributed by atoms with Crippen molar-refractivity contribution < 1.29 is 13.9 Å². The van der Waals surface area contributed by atoms with Crippen LogP contribution in [0.15, 0.2) is 18.2 Å². The predicted molar refractivity (Wildman–Crippen MR) is 89.2 cm³/mol. The number of nitrogens with zero attached hydrogens (tertiary/aromatic N) is 1. The van der Waals surface area contributed by atoms with E-state index >= 15 is 0 Å². The highest BCUT2D eigenvalue weighted by Gasteiger charge is 2.21. The summed E-state index contributed by atoms with van der Waals surface area (Å²) in [6.07, 6.45) is -0.564. The zero-order valence-corrected chi connectivity index (χ0v) is 14.6. The number of alkyl carbamates (subject to hydrolysis) is 1. The van der Waals surface area contributed by atoms with Crippen molar-refractivity contribution >= 4 is 28.6 Å². The van der Waals surface area contributed by atoms with Gasteiger partial charge in [-0.3, -0.25) is 0 Å². The molecule has 2 rings (SSSR count). The third-order valence-corrected chi connectivity index (χ3v) is 3.62. The van der Waals surface area contributed by atoms with E-state index in [1.165, 1.54) is 6.07 Å². The molecule has 23 heavy (non-hydrogen) atoms. The molecule has 0 saturated heterocycles. The van der Waals surface area contributed by atoms with E-state index in [2.05, 4.69) is 10.3 Å². The molecule has 1 aromatic heterocycles. The number of halogens is 2. The monoisotopic (exact) mass is 338 g/mol. The molecule has 0 saturated carbocycles. The van der Waals surface area contributed by atoms with Crippen LogP contribution in [0.25, 0.3) is 10.9 Å². The molecule has 1 N–H and O–H groups in total. The van der Waals surface area contributed by atoms with Gasteiger partial charge in [-0.25, -0.2) is 14.2 Å². The summed E-state index contributed by atoms with van der Waals surface area (Å²) >= 11 is 6.21. The van der Waals surface area contributed by atoms with Crippen molar-refractivity contribution in [3.8, 4) is 0 Å². The first-order chi connectivity index (χ1) is 10.6. The maximum atomic E-state index is 14.0. The van der Waals surface area contributed by atoms with Crippen molar-refractivity contribution in [2.75, 3.05) is 0 Å². The number of carbonyl (C=O) groups is 1. The summed E-state index contributed by atoms with van der Waals surface area (Å²) in [6, 6.07) is 4.20. The maximum Gasteiger partial charge on any atom is 0.408 e. The summed E-state index contributed by atoms with van der Waals surface area (Å²) < 4.78 is 19.2. The number of amides is 1. The summed E-state index contributed by atoms with van der Waals surface area (Å²) in [5, 5.41) is 3.29. The number of hydrogen-bond acceptors (Lipinski definition) is 3. The van der Waals surface area contributed by atoms with E-state index in [1.807, 2.05) is 6.92 Å². The number of carbonyl (C=O) groups excluding carboxylic acids is 1. The summed E-state index contributed by atoms with van der Waals surface area (Å²) in [6.45, 7) is 8.92. The highest BCUT2D eigenvalue weighted by molar-refractivity contribution is 6.30. The van der Waals surface area contributed by atoms with Gasteiger partial charge in [-0.05, 0) is 52.3 Å². The highest BCUT2D eigenvalue weighted by Crippen LogP contribution is 2.29. The number of pyridine rings is 1. The normalized spacial score (nSPS) is 13.0. The van der Waals surface area contributed by atoms with Crippen molar-refractivity contribution in [1.82, 2.24) is 10.3 Å². The molecule has 0 spiro atoms. The first-order valence-electron chi connectivity index (χ1n) is 7.33. The number of rotatable bonds is 2. The van der Waals surface area contributed by atoms with Gasteiger partial charge in [0.1, 0.15) is 16.6 Å². The van der Waals surface area contributed by atoms with Crippen LogP contribution in [0, 0.1) is 12.7 Å². The van der Waals surface area contributed by atoms with Crippen molar-refractivity contribution in [2.24, 2.45) is 0 Å². The molecule has 4 nitrogen and oxygen atoms in total. The third kappa shape index (κ3) is 4.10. The van der Waals surface area contributed by atoms with E-state index in [0.29, 0.717) is 16.5 Å². The molecule has 1 aromatic carbocycles. The average Bonchev–Trinajstić information content (AvgIpc) is 2.40. The van der Waals surface area contributed by atoms with Gasteiger partial charge in [-0.15, -0.1) is 0 Å². The van der Waals surface area contributed by atoms with Crippen molar-refractivity contribution in [3.05, 3.63) is 40.3 Å². The number of aromatic nitrogens is 1. The minimum Gasteiger partial charge on any atom is -0.444 e. The molecule has 124 valence electrons. The van der Waals surface area contributed by atoms with Gasteiger partial charge in [0.05, 0.1) is 11.6 Å². The molecule has 6 heteroatoms. The van der Waals surface area contributed by atoms with E-state index in [0.717, 1.165) is 5.56 Å². The quantitative estimate of drug-likeness (QED) is 0.790. The SMILES string of the molecule is Cc1ccc(F)c2cc(C(C)NC(=O)OC(C)(C)C)c(Cl)nc12. The molecule has 0 aliphatic heterocycles. The lowest BCUT2D eigenvalue weighted by atomic mass is 10.1. The maximum absolute atomic E-state index is 14.0. The molecule has 1 amide bonds. The number of nitrogens with one attached hydrogen (secondary N) is 1. The van der Waals surface area contributed by atoms with E-state index < -0.39 is 17.7 Å². The summed E-state index contributed by atoms with van der Waals surface area (Å²) in [5.41, 5.74) is 1.29. The number of fused-ring (bicyclic) bond motifs is 1. The Morgan fingerprint density at radius 2 is 2.04 bits per heavy atom. The molecule has 0 aliphatic carbocycles. The second kappa shape index (κ2) is 6.32. The van der Waals surface area contributed by atoms with Gasteiger partial charge < -0.3 is 10.1 Å². The molecule has 0 fully saturated rings. The smallest absolute Gasteiger partial charge is 0.408 e. The summed E-state index contributed by atoms with van der Waals surface area (Å²) in [7, 11) is 0. The molecule has 1 unspecified atom stereocenters. The molecule has 2 aromatic rings. The molecular formula is C17H20ClFN2O2. The zero-order valence-electron chi connectivity index (χ0n) is 13.8. The minimum atomic E-state index is -0.599. The number of ether oxygens (including phenoxy) is 1. The van der Waals surface area contributed by atoms with E-state index in [4.69, 9.17) is 16.3 Å². The van der Waals surface area contributed by atoms with Crippen molar-refractivity contribution in [2.45, 2.75) is 46.3 Å². The van der Waals surface area contributed by atoms with Gasteiger partial charge in [-0.1, -0.05) is 17.7 Å². The van der Waals surface area contributed by atoms with Gasteiger partial charge in [0.2, 0.25) is 0 Å². The lowest BCUT2D eigenvalue weighted by Crippen LogP contribution is -2.34. The van der Waals surface area contributed by atoms with Gasteiger partial charge in [0.15, 0.2) is 0 Å². The Hall–Kier alpha value is -1.88. The Balaban J connectivity index is 2.34. The Labute approximate surface area is 140 Å². The van der Waals surface area contributed by atoms with E-state index in [1.54, 1.807) is 39.8 Å². The Bertz CT molecular complexity index is 756. The van der Waals surface area contributed by atoms with Crippen LogP contribution in [-0.4, -0.2) is 16.7 Å². The Morgan fingerprint density at radius 1 is 1.39 bits per heavy atom. The minimum absolute atomic E-state index is 0.231. The Morgan fingerprint density at radius 3 is 2.65 bits per heavy atom. The number of benzene rings is 1. The number of hydrogen-bond donors (Lipinski definition) is 1. The zero-order chi connectivity index (χ0) is 17.4. The van der Waals surface area contributed by atoms with E-state index in [-0.39, 0.29) is 11.0 Å². The van der Waals surface area contributed by atoms with Crippen molar-refractivity contribution in [1.29, 1.82) is 0 Å². The lowest BCUT2D eigenvalue weighted by Gasteiger charge is -2.22. The summed E-state index contributed by atoms with van der Waals surface area (Å²) in [4.78, 5) is 16.1. The van der Waals surface area contributed by atoms with Crippen LogP contribution in [-0.2, 0) is 4.74 Å². The molecule has 1 atom stereocenters. The fraction of sp³-hybridized carbons (Fsp3) is 0.412. The Kier molecular flexibility index (Phi) is 4.80. The van der Waals surface area contributed by atoms with Crippen LogP contribution in [0.5, 0.6) is 0 Å². The van der Waals surface area contributed by atoms with Crippen LogP contribution in [0.2, 0.25) is 5.15 Å². The topological polar surface area (TPSA) is 51.2 Å². The first kappa shape index (κ1) is 17.5. The standard InChI is InChI=1S/C17H20ClFN2O2/c1-9-6-7-13(19)12-8-11(15(18)21-14(9)12)10(2)20-16(22)23-17(3,4)5/h6-8,10H,1-5H3,(H,20,22). The van der Waals surface area contributed by atoms with E-state index in [9.17, 15) is 9.18 Å².